The van der Waals surface area contributed by atoms with Crippen LogP contribution in [0.3, 0.4) is 0 Å². The van der Waals surface area contributed by atoms with Crippen molar-refractivity contribution in [3.8, 4) is 0 Å². The Morgan fingerprint density at radius 3 is 2.71 bits per heavy atom. The summed E-state index contributed by atoms with van der Waals surface area (Å²) >= 11 is 0. The first-order valence-corrected chi connectivity index (χ1v) is 5.23. The van der Waals surface area contributed by atoms with Crippen molar-refractivity contribution >= 4 is 0 Å². The maximum Gasteiger partial charge on any atom is 0.150 e. The number of rotatable bonds is 4. The van der Waals surface area contributed by atoms with E-state index in [2.05, 4.69) is 22.1 Å². The molecule has 78 valence electrons. The van der Waals surface area contributed by atoms with E-state index < -0.39 is 0 Å². The molecule has 1 N–H and O–H groups in total. The lowest BCUT2D eigenvalue weighted by atomic mass is 9.77. The number of aromatic amines is 1. The normalized spacial score (nSPS) is 19.3. The summed E-state index contributed by atoms with van der Waals surface area (Å²) in [5, 5.41) is 7.09. The number of hydrogen-bond acceptors (Lipinski definition) is 3. The zero-order chi connectivity index (χ0) is 10.0. The fraction of sp³-hybridized carbons (Fsp3) is 0.800. The summed E-state index contributed by atoms with van der Waals surface area (Å²) in [7, 11) is 1.79. The molecule has 1 aromatic heterocycles. The number of H-pyrrole nitrogens is 1. The van der Waals surface area contributed by atoms with Crippen LogP contribution in [0.2, 0.25) is 0 Å². The van der Waals surface area contributed by atoms with Gasteiger partial charge in [-0.2, -0.15) is 5.10 Å². The molecule has 1 heterocycles. The topological polar surface area (TPSA) is 50.8 Å². The predicted octanol–water partition coefficient (Wildman–Crippen LogP) is 1.48. The molecule has 0 unspecified atom stereocenters. The molecule has 0 spiro atoms. The third-order valence-electron chi connectivity index (χ3n) is 3.08. The van der Waals surface area contributed by atoms with Crippen molar-refractivity contribution in [3.63, 3.8) is 0 Å². The number of nitrogens with one attached hydrogen (secondary N) is 1. The Morgan fingerprint density at radius 1 is 1.50 bits per heavy atom. The van der Waals surface area contributed by atoms with Crippen molar-refractivity contribution in [2.24, 2.45) is 0 Å². The van der Waals surface area contributed by atoms with E-state index in [1.165, 1.54) is 6.42 Å². The average molecular weight is 195 g/mol. The van der Waals surface area contributed by atoms with Gasteiger partial charge < -0.3 is 4.74 Å². The van der Waals surface area contributed by atoms with Crippen LogP contribution in [0.4, 0.5) is 0 Å². The fourth-order valence-corrected chi connectivity index (χ4v) is 1.90. The van der Waals surface area contributed by atoms with Crippen LogP contribution in [0.15, 0.2) is 0 Å². The van der Waals surface area contributed by atoms with Crippen molar-refractivity contribution in [2.45, 2.75) is 44.6 Å². The van der Waals surface area contributed by atoms with Gasteiger partial charge in [0.1, 0.15) is 11.6 Å². The van der Waals surface area contributed by atoms with Crippen LogP contribution < -0.4 is 0 Å². The van der Waals surface area contributed by atoms with Gasteiger partial charge in [-0.15, -0.1) is 0 Å². The van der Waals surface area contributed by atoms with E-state index in [-0.39, 0.29) is 5.60 Å². The Labute approximate surface area is 84.1 Å². The molecule has 1 aliphatic rings. The van der Waals surface area contributed by atoms with E-state index >= 15 is 0 Å². The van der Waals surface area contributed by atoms with Crippen molar-refractivity contribution in [1.82, 2.24) is 15.2 Å². The largest absolute Gasteiger partial charge is 0.378 e. The Balaban J connectivity index is 2.02. The second kappa shape index (κ2) is 3.69. The summed E-state index contributed by atoms with van der Waals surface area (Å²) in [5.74, 6) is 1.86. The van der Waals surface area contributed by atoms with Crippen molar-refractivity contribution in [1.29, 1.82) is 0 Å². The lowest BCUT2D eigenvalue weighted by molar-refractivity contribution is -0.0720. The van der Waals surface area contributed by atoms with Gasteiger partial charge in [0.25, 0.3) is 0 Å². The van der Waals surface area contributed by atoms with Gasteiger partial charge in [0.2, 0.25) is 0 Å². The van der Waals surface area contributed by atoms with Crippen LogP contribution in [0.25, 0.3) is 0 Å². The monoisotopic (exact) mass is 195 g/mol. The number of hydrogen-bond donors (Lipinski definition) is 1. The third kappa shape index (κ3) is 1.66. The zero-order valence-electron chi connectivity index (χ0n) is 8.84. The molecule has 0 aromatic carbocycles. The predicted molar refractivity (Wildman–Crippen MR) is 53.1 cm³/mol. The summed E-state index contributed by atoms with van der Waals surface area (Å²) < 4.78 is 5.53. The number of aryl methyl sites for hydroxylation is 1. The molecule has 0 amide bonds. The van der Waals surface area contributed by atoms with E-state index in [4.69, 9.17) is 4.74 Å². The van der Waals surface area contributed by atoms with Gasteiger partial charge in [-0.25, -0.2) is 4.98 Å². The van der Waals surface area contributed by atoms with Crippen LogP contribution in [0.1, 0.15) is 37.8 Å². The maximum absolute atomic E-state index is 5.53. The molecule has 1 aromatic rings. The Morgan fingerprint density at radius 2 is 2.29 bits per heavy atom. The summed E-state index contributed by atoms with van der Waals surface area (Å²) in [6, 6.07) is 0. The molecule has 1 fully saturated rings. The first-order valence-electron chi connectivity index (χ1n) is 5.23. The molecule has 1 saturated carbocycles. The smallest absolute Gasteiger partial charge is 0.150 e. The van der Waals surface area contributed by atoms with Crippen LogP contribution in [0, 0.1) is 0 Å². The molecule has 4 heteroatoms. The van der Waals surface area contributed by atoms with Crippen LogP contribution in [-0.2, 0) is 17.6 Å². The van der Waals surface area contributed by atoms with E-state index in [0.29, 0.717) is 0 Å². The highest BCUT2D eigenvalue weighted by Gasteiger charge is 2.37. The number of nitrogens with zero attached hydrogens (tertiary/aromatic N) is 2. The third-order valence-corrected chi connectivity index (χ3v) is 3.08. The van der Waals surface area contributed by atoms with E-state index in [9.17, 15) is 0 Å². The van der Waals surface area contributed by atoms with Gasteiger partial charge in [0.05, 0.1) is 5.60 Å². The zero-order valence-corrected chi connectivity index (χ0v) is 8.84. The lowest BCUT2D eigenvalue weighted by Crippen LogP contribution is -2.41. The highest BCUT2D eigenvalue weighted by Crippen LogP contribution is 2.37. The van der Waals surface area contributed by atoms with Gasteiger partial charge in [-0.05, 0) is 19.3 Å². The van der Waals surface area contributed by atoms with Gasteiger partial charge >= 0.3 is 0 Å². The molecule has 0 bridgehead atoms. The van der Waals surface area contributed by atoms with Crippen LogP contribution >= 0.6 is 0 Å². The second-order valence-corrected chi connectivity index (χ2v) is 3.97. The first-order chi connectivity index (χ1) is 6.78. The Kier molecular flexibility index (Phi) is 2.54. The lowest BCUT2D eigenvalue weighted by Gasteiger charge is -2.39. The number of aromatic nitrogens is 3. The van der Waals surface area contributed by atoms with Gasteiger partial charge in [0, 0.05) is 20.0 Å². The summed E-state index contributed by atoms with van der Waals surface area (Å²) in [5.41, 5.74) is 0.0462. The van der Waals surface area contributed by atoms with Crippen LogP contribution in [-0.4, -0.2) is 27.9 Å². The van der Waals surface area contributed by atoms with Gasteiger partial charge in [-0.3, -0.25) is 5.10 Å². The molecule has 14 heavy (non-hydrogen) atoms. The minimum absolute atomic E-state index is 0.0462. The first kappa shape index (κ1) is 9.65. The minimum Gasteiger partial charge on any atom is -0.378 e. The maximum atomic E-state index is 5.53. The molecule has 0 atom stereocenters. The van der Waals surface area contributed by atoms with Crippen molar-refractivity contribution in [3.05, 3.63) is 11.6 Å². The van der Waals surface area contributed by atoms with Gasteiger partial charge in [0.15, 0.2) is 0 Å². The SMILES string of the molecule is CCc1n[nH]c(CC2(OC)CCC2)n1. The summed E-state index contributed by atoms with van der Waals surface area (Å²) in [6.07, 6.45) is 5.31. The summed E-state index contributed by atoms with van der Waals surface area (Å²) in [6.45, 7) is 2.06. The van der Waals surface area contributed by atoms with Gasteiger partial charge in [-0.1, -0.05) is 6.92 Å². The Hall–Kier alpha value is -0.900. The van der Waals surface area contributed by atoms with E-state index in [0.717, 1.165) is 37.3 Å². The molecule has 0 aliphatic heterocycles. The average Bonchev–Trinajstić information content (AvgIpc) is 2.59. The number of ether oxygens (including phenoxy) is 1. The molecule has 0 saturated heterocycles. The van der Waals surface area contributed by atoms with E-state index in [1.54, 1.807) is 7.11 Å². The molecule has 2 rings (SSSR count). The fourth-order valence-electron chi connectivity index (χ4n) is 1.90. The standard InChI is InChI=1S/C10H17N3O/c1-3-8-11-9(13-12-8)7-10(14-2)5-4-6-10/h3-7H2,1-2H3,(H,11,12,13). The highest BCUT2D eigenvalue weighted by atomic mass is 16.5. The minimum atomic E-state index is 0.0462. The van der Waals surface area contributed by atoms with Crippen molar-refractivity contribution < 1.29 is 4.74 Å². The number of methoxy groups -OCH3 is 1. The summed E-state index contributed by atoms with van der Waals surface area (Å²) in [4.78, 5) is 4.40. The molecular formula is C10H17N3O. The van der Waals surface area contributed by atoms with Crippen molar-refractivity contribution in [2.75, 3.05) is 7.11 Å². The Bertz CT molecular complexity index is 299. The van der Waals surface area contributed by atoms with E-state index in [1.807, 2.05) is 0 Å². The molecular weight excluding hydrogens is 178 g/mol. The highest BCUT2D eigenvalue weighted by molar-refractivity contribution is 5.01. The quantitative estimate of drug-likeness (QED) is 0.791. The van der Waals surface area contributed by atoms with Crippen LogP contribution in [0.5, 0.6) is 0 Å². The molecule has 4 nitrogen and oxygen atoms in total. The second-order valence-electron chi connectivity index (χ2n) is 3.97. The molecule has 0 radical (unpaired) electrons. The molecule has 1 aliphatic carbocycles.